The maximum absolute atomic E-state index is 11.2. The molecular weight excluding hydrogens is 162 g/mol. The summed E-state index contributed by atoms with van der Waals surface area (Å²) in [5.41, 5.74) is 0.736. The van der Waals surface area contributed by atoms with Crippen LogP contribution in [0.5, 0.6) is 0 Å². The lowest BCUT2D eigenvalue weighted by Gasteiger charge is -1.96. The highest BCUT2D eigenvalue weighted by Gasteiger charge is 2.04. The molecule has 0 atom stereocenters. The van der Waals surface area contributed by atoms with Crippen LogP contribution in [-0.2, 0) is 4.79 Å². The molecule has 0 saturated carbocycles. The Morgan fingerprint density at radius 1 is 1.46 bits per heavy atom. The van der Waals surface area contributed by atoms with Crippen molar-refractivity contribution in [2.75, 3.05) is 0 Å². The highest BCUT2D eigenvalue weighted by Crippen LogP contribution is 2.07. The molecule has 0 radical (unpaired) electrons. The third-order valence-corrected chi connectivity index (χ3v) is 1.42. The minimum Gasteiger partial charge on any atom is -0.289 e. The fourth-order valence-electron chi connectivity index (χ4n) is 0.726. The van der Waals surface area contributed by atoms with Gasteiger partial charge in [0.25, 0.3) is 0 Å². The van der Waals surface area contributed by atoms with Gasteiger partial charge in [-0.05, 0) is 13.0 Å². The van der Waals surface area contributed by atoms with Gasteiger partial charge >= 0.3 is 0 Å². The van der Waals surface area contributed by atoms with Crippen LogP contribution in [0.25, 0.3) is 0 Å². The van der Waals surface area contributed by atoms with E-state index in [9.17, 15) is 4.79 Å². The molecule has 0 amide bonds. The lowest BCUT2D eigenvalue weighted by Crippen LogP contribution is -1.97. The number of allylic oxidation sites excluding steroid dienone is 6. The first-order chi connectivity index (χ1) is 6.17. The molecule has 0 rings (SSSR count). The van der Waals surface area contributed by atoms with E-state index in [1.807, 2.05) is 6.07 Å². The van der Waals surface area contributed by atoms with Crippen molar-refractivity contribution in [3.63, 3.8) is 0 Å². The average Bonchev–Trinajstić information content (AvgIpc) is 2.17. The molecule has 13 heavy (non-hydrogen) atoms. The Morgan fingerprint density at radius 2 is 2.08 bits per heavy atom. The zero-order valence-electron chi connectivity index (χ0n) is 7.58. The van der Waals surface area contributed by atoms with Crippen molar-refractivity contribution in [2.45, 2.75) is 6.92 Å². The summed E-state index contributed by atoms with van der Waals surface area (Å²) < 4.78 is 0. The molecule has 0 saturated heterocycles. The Labute approximate surface area is 78.2 Å². The summed E-state index contributed by atoms with van der Waals surface area (Å²) in [6.07, 6.45) is 5.89. The second-order valence-electron chi connectivity index (χ2n) is 2.31. The fourth-order valence-corrected chi connectivity index (χ4v) is 0.726. The van der Waals surface area contributed by atoms with E-state index in [0.717, 1.165) is 0 Å². The summed E-state index contributed by atoms with van der Waals surface area (Å²) >= 11 is 0. The third kappa shape index (κ3) is 3.35. The zero-order valence-corrected chi connectivity index (χ0v) is 7.58. The first-order valence-electron chi connectivity index (χ1n) is 3.74. The molecule has 0 heterocycles. The number of nitriles is 1. The molecule has 0 fully saturated rings. The summed E-state index contributed by atoms with van der Waals surface area (Å²) in [7, 11) is 0. The molecule has 0 aliphatic heterocycles. The fraction of sp³-hybridized carbons (Fsp3) is 0.0909. The summed E-state index contributed by atoms with van der Waals surface area (Å²) in [6.45, 7) is 8.41. The van der Waals surface area contributed by atoms with Crippen molar-refractivity contribution in [3.8, 4) is 6.07 Å². The van der Waals surface area contributed by atoms with Crippen molar-refractivity contribution in [2.24, 2.45) is 0 Å². The van der Waals surface area contributed by atoms with E-state index < -0.39 is 0 Å². The van der Waals surface area contributed by atoms with Crippen LogP contribution < -0.4 is 0 Å². The second kappa shape index (κ2) is 5.73. The summed E-state index contributed by atoms with van der Waals surface area (Å²) in [4.78, 5) is 11.2. The van der Waals surface area contributed by atoms with Gasteiger partial charge in [0.15, 0.2) is 5.78 Å². The molecule has 2 nitrogen and oxygen atoms in total. The largest absolute Gasteiger partial charge is 0.289 e. The number of rotatable bonds is 4. The summed E-state index contributed by atoms with van der Waals surface area (Å²) in [5, 5.41) is 8.59. The molecule has 66 valence electrons. The number of ketones is 1. The molecule has 0 unspecified atom stereocenters. The van der Waals surface area contributed by atoms with Crippen LogP contribution in [0.2, 0.25) is 0 Å². The molecule has 0 spiro atoms. The molecule has 0 aromatic rings. The average molecular weight is 173 g/mol. The maximum Gasteiger partial charge on any atom is 0.186 e. The van der Waals surface area contributed by atoms with Gasteiger partial charge in [-0.2, -0.15) is 5.26 Å². The Bertz CT molecular complexity index is 326. The van der Waals surface area contributed by atoms with Crippen LogP contribution in [0.15, 0.2) is 48.6 Å². The van der Waals surface area contributed by atoms with Crippen LogP contribution in [-0.4, -0.2) is 5.78 Å². The Balaban J connectivity index is 5.11. The first-order valence-corrected chi connectivity index (χ1v) is 3.74. The van der Waals surface area contributed by atoms with Crippen molar-refractivity contribution in [3.05, 3.63) is 48.6 Å². The van der Waals surface area contributed by atoms with Gasteiger partial charge in [0.05, 0.1) is 6.07 Å². The summed E-state index contributed by atoms with van der Waals surface area (Å²) in [5.74, 6) is -0.253. The molecule has 0 aromatic heterocycles. The topological polar surface area (TPSA) is 40.9 Å². The van der Waals surface area contributed by atoms with Crippen molar-refractivity contribution in [1.82, 2.24) is 0 Å². The van der Waals surface area contributed by atoms with Crippen LogP contribution in [0, 0.1) is 11.3 Å². The van der Waals surface area contributed by atoms with E-state index >= 15 is 0 Å². The van der Waals surface area contributed by atoms with E-state index in [1.54, 1.807) is 25.2 Å². The van der Waals surface area contributed by atoms with Gasteiger partial charge in [-0.15, -0.1) is 0 Å². The predicted molar refractivity (Wildman–Crippen MR) is 52.9 cm³/mol. The summed E-state index contributed by atoms with van der Waals surface area (Å²) in [6, 6.07) is 1.91. The van der Waals surface area contributed by atoms with Gasteiger partial charge in [0.2, 0.25) is 0 Å². The zero-order chi connectivity index (χ0) is 10.3. The van der Waals surface area contributed by atoms with E-state index in [2.05, 4.69) is 13.2 Å². The predicted octanol–water partition coefficient (Wildman–Crippen LogP) is 2.32. The number of carbonyl (C=O) groups excluding carboxylic acids is 1. The number of hydrogen-bond donors (Lipinski definition) is 0. The van der Waals surface area contributed by atoms with Crippen LogP contribution in [0.1, 0.15) is 6.92 Å². The Morgan fingerprint density at radius 3 is 2.46 bits per heavy atom. The Kier molecular flexibility index (Phi) is 4.90. The van der Waals surface area contributed by atoms with Gasteiger partial charge < -0.3 is 0 Å². The molecule has 0 aromatic carbocycles. The molecule has 2 heteroatoms. The van der Waals surface area contributed by atoms with Crippen LogP contribution >= 0.6 is 0 Å². The lowest BCUT2D eigenvalue weighted by atomic mass is 10.1. The monoisotopic (exact) mass is 173 g/mol. The van der Waals surface area contributed by atoms with Gasteiger partial charge in [-0.25, -0.2) is 0 Å². The molecule has 0 aliphatic carbocycles. The van der Waals surface area contributed by atoms with E-state index in [-0.39, 0.29) is 5.78 Å². The molecule has 0 N–H and O–H groups in total. The van der Waals surface area contributed by atoms with E-state index in [4.69, 9.17) is 5.26 Å². The van der Waals surface area contributed by atoms with Crippen molar-refractivity contribution in [1.29, 1.82) is 5.26 Å². The van der Waals surface area contributed by atoms with E-state index in [0.29, 0.717) is 11.1 Å². The van der Waals surface area contributed by atoms with Crippen LogP contribution in [0.4, 0.5) is 0 Å². The molecule has 0 aliphatic rings. The quantitative estimate of drug-likeness (QED) is 0.372. The highest BCUT2D eigenvalue weighted by molar-refractivity contribution is 6.06. The lowest BCUT2D eigenvalue weighted by molar-refractivity contribution is -0.111. The minimum atomic E-state index is -0.253. The normalized spacial score (nSPS) is 11.7. The van der Waals surface area contributed by atoms with Crippen molar-refractivity contribution >= 4 is 5.78 Å². The maximum atomic E-state index is 11.2. The van der Waals surface area contributed by atoms with Crippen LogP contribution in [0.3, 0.4) is 0 Å². The van der Waals surface area contributed by atoms with E-state index in [1.165, 1.54) is 6.08 Å². The minimum absolute atomic E-state index is 0.253. The van der Waals surface area contributed by atoms with Gasteiger partial charge in [0, 0.05) is 11.1 Å². The van der Waals surface area contributed by atoms with Gasteiger partial charge in [-0.1, -0.05) is 31.4 Å². The third-order valence-electron chi connectivity index (χ3n) is 1.42. The van der Waals surface area contributed by atoms with Crippen molar-refractivity contribution < 1.29 is 4.79 Å². The SMILES string of the molecule is C=CC=CC(C(=O)C=C)=C(C)C#N. The number of hydrogen-bond acceptors (Lipinski definition) is 2. The highest BCUT2D eigenvalue weighted by atomic mass is 16.1. The first kappa shape index (κ1) is 11.1. The van der Waals surface area contributed by atoms with Gasteiger partial charge in [0.1, 0.15) is 0 Å². The molecular formula is C11H11NO. The standard InChI is InChI=1S/C11H11NO/c1-4-6-7-10(9(3)8-12)11(13)5-2/h4-7H,1-2H2,3H3. The molecule has 0 bridgehead atoms. The Hall–Kier alpha value is -1.88. The number of nitrogens with zero attached hydrogens (tertiary/aromatic N) is 1. The number of carbonyl (C=O) groups is 1. The second-order valence-corrected chi connectivity index (χ2v) is 2.31. The van der Waals surface area contributed by atoms with Gasteiger partial charge in [-0.3, -0.25) is 4.79 Å². The smallest absolute Gasteiger partial charge is 0.186 e.